The Labute approximate surface area is 127 Å². The maximum atomic E-state index is 10.1. The number of benzene rings is 1. The number of aromatic nitrogens is 1. The van der Waals surface area contributed by atoms with Crippen LogP contribution in [0.1, 0.15) is 18.9 Å². The fourth-order valence-electron chi connectivity index (χ4n) is 1.90. The van der Waals surface area contributed by atoms with Crippen LogP contribution in [0.3, 0.4) is 0 Å². The van der Waals surface area contributed by atoms with Crippen molar-refractivity contribution in [1.29, 1.82) is 0 Å². The van der Waals surface area contributed by atoms with E-state index in [9.17, 15) is 5.11 Å². The van der Waals surface area contributed by atoms with Crippen LogP contribution in [0.2, 0.25) is 0 Å². The molecule has 1 aromatic carbocycles. The molecule has 2 aromatic rings. The molecule has 1 heterocycles. The van der Waals surface area contributed by atoms with Crippen LogP contribution < -0.4 is 4.74 Å². The van der Waals surface area contributed by atoms with Crippen molar-refractivity contribution in [1.82, 2.24) is 4.98 Å². The molecule has 4 heteroatoms. The summed E-state index contributed by atoms with van der Waals surface area (Å²) in [6.07, 6.45) is 4.28. The first-order valence-electron chi connectivity index (χ1n) is 6.64. The Hall–Kier alpha value is -1.39. The minimum absolute atomic E-state index is 0.243. The minimum Gasteiger partial charge on any atom is -0.488 e. The summed E-state index contributed by atoms with van der Waals surface area (Å²) in [6.45, 7) is 1.88. The summed E-state index contributed by atoms with van der Waals surface area (Å²) in [5.74, 6) is 0.765. The highest BCUT2D eigenvalue weighted by Gasteiger charge is 2.15. The Kier molecular flexibility index (Phi) is 5.56. The lowest BCUT2D eigenvalue weighted by molar-refractivity contribution is 0.0420. The van der Waals surface area contributed by atoms with Crippen molar-refractivity contribution < 1.29 is 9.84 Å². The predicted octanol–water partition coefficient (Wildman–Crippen LogP) is 3.61. The van der Waals surface area contributed by atoms with Crippen LogP contribution in [0.15, 0.2) is 53.3 Å². The molecule has 0 spiro atoms. The molecule has 0 saturated heterocycles. The van der Waals surface area contributed by atoms with E-state index in [2.05, 4.69) is 20.9 Å². The van der Waals surface area contributed by atoms with Gasteiger partial charge in [0.15, 0.2) is 0 Å². The smallest absolute Gasteiger partial charge is 0.122 e. The molecule has 0 saturated carbocycles. The Morgan fingerprint density at radius 3 is 2.65 bits per heavy atom. The lowest BCUT2D eigenvalue weighted by Crippen LogP contribution is -2.29. The first-order chi connectivity index (χ1) is 9.65. The highest BCUT2D eigenvalue weighted by molar-refractivity contribution is 9.10. The highest BCUT2D eigenvalue weighted by atomic mass is 79.9. The first kappa shape index (κ1) is 15.0. The molecular weight excluding hydrogens is 318 g/mol. The van der Waals surface area contributed by atoms with Gasteiger partial charge in [0.2, 0.25) is 0 Å². The summed E-state index contributed by atoms with van der Waals surface area (Å²) < 4.78 is 6.74. The summed E-state index contributed by atoms with van der Waals surface area (Å²) >= 11 is 3.38. The molecule has 0 aliphatic rings. The van der Waals surface area contributed by atoms with E-state index in [1.165, 1.54) is 0 Å². The number of aliphatic hydroxyl groups is 1. The van der Waals surface area contributed by atoms with Crippen molar-refractivity contribution in [2.24, 2.45) is 0 Å². The molecule has 0 bridgehead atoms. The van der Waals surface area contributed by atoms with Crippen molar-refractivity contribution in [2.45, 2.75) is 32.0 Å². The Morgan fingerprint density at radius 2 is 2.00 bits per heavy atom. The lowest BCUT2D eigenvalue weighted by Gasteiger charge is -2.20. The zero-order valence-corrected chi connectivity index (χ0v) is 13.0. The SMILES string of the molecule is CC(Oc1ccc(Br)cc1)C(O)CCc1cccnc1. The Balaban J connectivity index is 1.82. The molecule has 2 atom stereocenters. The molecule has 20 heavy (non-hydrogen) atoms. The van der Waals surface area contributed by atoms with E-state index >= 15 is 0 Å². The first-order valence-corrected chi connectivity index (χ1v) is 7.43. The van der Waals surface area contributed by atoms with Crippen molar-refractivity contribution >= 4 is 15.9 Å². The van der Waals surface area contributed by atoms with Crippen molar-refractivity contribution in [3.63, 3.8) is 0 Å². The molecule has 1 aromatic heterocycles. The van der Waals surface area contributed by atoms with Gasteiger partial charge in [0.25, 0.3) is 0 Å². The van der Waals surface area contributed by atoms with Crippen LogP contribution in [0, 0.1) is 0 Å². The van der Waals surface area contributed by atoms with Gasteiger partial charge in [-0.05, 0) is 55.7 Å². The van der Waals surface area contributed by atoms with Crippen LogP contribution in [0.4, 0.5) is 0 Å². The molecule has 0 aliphatic carbocycles. The van der Waals surface area contributed by atoms with Crippen molar-refractivity contribution in [3.05, 3.63) is 58.8 Å². The monoisotopic (exact) mass is 335 g/mol. The van der Waals surface area contributed by atoms with Gasteiger partial charge in [-0.25, -0.2) is 0 Å². The normalized spacial score (nSPS) is 13.8. The third-order valence-electron chi connectivity index (χ3n) is 3.13. The van der Waals surface area contributed by atoms with Crippen LogP contribution >= 0.6 is 15.9 Å². The fourth-order valence-corrected chi connectivity index (χ4v) is 2.17. The van der Waals surface area contributed by atoms with Crippen LogP contribution in [-0.4, -0.2) is 22.3 Å². The zero-order valence-electron chi connectivity index (χ0n) is 11.4. The summed E-state index contributed by atoms with van der Waals surface area (Å²) in [7, 11) is 0. The second-order valence-corrected chi connectivity index (χ2v) is 5.66. The second kappa shape index (κ2) is 7.41. The summed E-state index contributed by atoms with van der Waals surface area (Å²) in [4.78, 5) is 4.07. The molecule has 106 valence electrons. The number of halogens is 1. The van der Waals surface area contributed by atoms with Crippen molar-refractivity contribution in [2.75, 3.05) is 0 Å². The standard InChI is InChI=1S/C16H18BrNO2/c1-12(20-15-7-5-14(17)6-8-15)16(19)9-4-13-3-2-10-18-11-13/h2-3,5-8,10-12,16,19H,4,9H2,1H3. The predicted molar refractivity (Wildman–Crippen MR) is 82.8 cm³/mol. The van der Waals surface area contributed by atoms with E-state index < -0.39 is 6.10 Å². The topological polar surface area (TPSA) is 42.4 Å². The average Bonchev–Trinajstić information content (AvgIpc) is 2.48. The number of rotatable bonds is 6. The van der Waals surface area contributed by atoms with Gasteiger partial charge in [-0.15, -0.1) is 0 Å². The Morgan fingerprint density at radius 1 is 1.25 bits per heavy atom. The van der Waals surface area contributed by atoms with E-state index in [-0.39, 0.29) is 6.10 Å². The zero-order chi connectivity index (χ0) is 14.4. The fraction of sp³-hybridized carbons (Fsp3) is 0.312. The lowest BCUT2D eigenvalue weighted by atomic mass is 10.1. The van der Waals surface area contributed by atoms with Gasteiger partial charge in [0, 0.05) is 16.9 Å². The third-order valence-corrected chi connectivity index (χ3v) is 3.66. The Bertz CT molecular complexity index is 516. The molecule has 1 N–H and O–H groups in total. The molecule has 0 radical (unpaired) electrons. The van der Waals surface area contributed by atoms with Gasteiger partial charge in [-0.1, -0.05) is 22.0 Å². The number of pyridine rings is 1. The maximum absolute atomic E-state index is 10.1. The summed E-state index contributed by atoms with van der Waals surface area (Å²) in [6, 6.07) is 11.5. The average molecular weight is 336 g/mol. The van der Waals surface area contributed by atoms with E-state index in [4.69, 9.17) is 4.74 Å². The molecule has 0 amide bonds. The molecule has 2 rings (SSSR count). The molecular formula is C16H18BrNO2. The van der Waals surface area contributed by atoms with Gasteiger partial charge in [0.05, 0.1) is 6.10 Å². The second-order valence-electron chi connectivity index (χ2n) is 4.74. The summed E-state index contributed by atoms with van der Waals surface area (Å²) in [5.41, 5.74) is 1.13. The highest BCUT2D eigenvalue weighted by Crippen LogP contribution is 2.19. The van der Waals surface area contributed by atoms with E-state index in [0.717, 1.165) is 22.2 Å². The third kappa shape index (κ3) is 4.62. The van der Waals surface area contributed by atoms with E-state index in [1.807, 2.05) is 49.5 Å². The van der Waals surface area contributed by atoms with Gasteiger partial charge in [-0.3, -0.25) is 4.98 Å². The number of aliphatic hydroxyl groups excluding tert-OH is 1. The molecule has 3 nitrogen and oxygen atoms in total. The van der Waals surface area contributed by atoms with Gasteiger partial charge < -0.3 is 9.84 Å². The number of aryl methyl sites for hydroxylation is 1. The minimum atomic E-state index is -0.501. The van der Waals surface area contributed by atoms with Crippen LogP contribution in [-0.2, 0) is 6.42 Å². The number of nitrogens with zero attached hydrogens (tertiary/aromatic N) is 1. The van der Waals surface area contributed by atoms with Gasteiger partial charge in [-0.2, -0.15) is 0 Å². The quantitative estimate of drug-likeness (QED) is 0.876. The maximum Gasteiger partial charge on any atom is 0.122 e. The largest absolute Gasteiger partial charge is 0.488 e. The molecule has 0 fully saturated rings. The number of hydrogen-bond donors (Lipinski definition) is 1. The summed E-state index contributed by atoms with van der Waals surface area (Å²) in [5, 5.41) is 10.1. The van der Waals surface area contributed by atoms with Gasteiger partial charge in [0.1, 0.15) is 11.9 Å². The van der Waals surface area contributed by atoms with Crippen molar-refractivity contribution in [3.8, 4) is 5.75 Å². The number of hydrogen-bond acceptors (Lipinski definition) is 3. The van der Waals surface area contributed by atoms with Crippen LogP contribution in [0.25, 0.3) is 0 Å². The number of ether oxygens (including phenoxy) is 1. The van der Waals surface area contributed by atoms with Crippen LogP contribution in [0.5, 0.6) is 5.75 Å². The van der Waals surface area contributed by atoms with Gasteiger partial charge >= 0.3 is 0 Å². The molecule has 2 unspecified atom stereocenters. The molecule has 0 aliphatic heterocycles. The van der Waals surface area contributed by atoms with E-state index in [0.29, 0.717) is 6.42 Å². The van der Waals surface area contributed by atoms with E-state index in [1.54, 1.807) is 6.20 Å².